The second kappa shape index (κ2) is 6.89. The predicted molar refractivity (Wildman–Crippen MR) is 79.8 cm³/mol. The Morgan fingerprint density at radius 1 is 1.45 bits per heavy atom. The average Bonchev–Trinajstić information content (AvgIpc) is 2.99. The van der Waals surface area contributed by atoms with E-state index in [1.165, 1.54) is 21.1 Å². The Kier molecular flexibility index (Phi) is 5.15. The van der Waals surface area contributed by atoms with E-state index in [0.29, 0.717) is 11.4 Å². The van der Waals surface area contributed by atoms with Crippen LogP contribution in [0.25, 0.3) is 0 Å². The molecule has 120 valence electrons. The average molecular weight is 326 g/mol. The molecule has 1 N–H and O–H groups in total. The summed E-state index contributed by atoms with van der Waals surface area (Å²) in [4.78, 5) is 38.8. The van der Waals surface area contributed by atoms with Gasteiger partial charge in [0.1, 0.15) is 0 Å². The Balaban J connectivity index is 1.96. The summed E-state index contributed by atoms with van der Waals surface area (Å²) in [6, 6.07) is 3.47. The lowest BCUT2D eigenvalue weighted by Crippen LogP contribution is -2.53. The third kappa shape index (κ3) is 3.83. The number of thiophene rings is 1. The van der Waals surface area contributed by atoms with Gasteiger partial charge in [0, 0.05) is 13.6 Å². The number of carboxylic acids is 1. The highest BCUT2D eigenvalue weighted by atomic mass is 32.1. The number of nitrogens with zero attached hydrogens (tertiary/aromatic N) is 2. The monoisotopic (exact) mass is 326 g/mol. The van der Waals surface area contributed by atoms with Crippen molar-refractivity contribution in [2.75, 3.05) is 26.7 Å². The summed E-state index contributed by atoms with van der Waals surface area (Å²) in [5.74, 6) is -1.60. The van der Waals surface area contributed by atoms with Crippen molar-refractivity contribution in [3.05, 3.63) is 22.4 Å². The number of carboxylic acid groups (broad SMARTS) is 1. The molecule has 0 spiro atoms. The number of likely N-dealkylation sites (N-methyl/N-ethyl adjacent to an activating group) is 1. The van der Waals surface area contributed by atoms with Crippen LogP contribution in [0.3, 0.4) is 0 Å². The number of hydrogen-bond donors (Lipinski definition) is 1. The van der Waals surface area contributed by atoms with E-state index in [1.54, 1.807) is 31.5 Å². The Bertz CT molecular complexity index is 560. The fraction of sp³-hybridized carbons (Fsp3) is 0.500. The molecule has 1 aliphatic heterocycles. The van der Waals surface area contributed by atoms with Crippen LogP contribution in [0.1, 0.15) is 16.6 Å². The smallest absolute Gasteiger partial charge is 0.334 e. The minimum Gasteiger partial charge on any atom is -0.479 e. The van der Waals surface area contributed by atoms with Crippen molar-refractivity contribution in [1.29, 1.82) is 0 Å². The Morgan fingerprint density at radius 2 is 2.18 bits per heavy atom. The number of hydrogen-bond acceptors (Lipinski definition) is 5. The van der Waals surface area contributed by atoms with Crippen LogP contribution in [0.15, 0.2) is 17.5 Å². The third-order valence-electron chi connectivity index (χ3n) is 3.34. The lowest BCUT2D eigenvalue weighted by molar-refractivity contribution is -0.166. The van der Waals surface area contributed by atoms with E-state index in [-0.39, 0.29) is 31.0 Å². The van der Waals surface area contributed by atoms with Gasteiger partial charge < -0.3 is 19.6 Å². The summed E-state index contributed by atoms with van der Waals surface area (Å²) >= 11 is 1.31. The fourth-order valence-electron chi connectivity index (χ4n) is 2.25. The van der Waals surface area contributed by atoms with Crippen molar-refractivity contribution in [2.24, 2.45) is 0 Å². The van der Waals surface area contributed by atoms with Crippen LogP contribution in [-0.2, 0) is 14.3 Å². The van der Waals surface area contributed by atoms with E-state index in [1.807, 2.05) is 0 Å². The molecule has 0 saturated carbocycles. The number of aliphatic carboxylic acids is 1. The quantitative estimate of drug-likeness (QED) is 0.872. The molecule has 2 heterocycles. The van der Waals surface area contributed by atoms with Gasteiger partial charge in [-0.1, -0.05) is 6.07 Å². The van der Waals surface area contributed by atoms with Gasteiger partial charge >= 0.3 is 5.97 Å². The fourth-order valence-corrected chi connectivity index (χ4v) is 2.97. The first-order chi connectivity index (χ1) is 10.4. The SMILES string of the molecule is C[C@@H]1CN(C(=O)CN(C)C(=O)c2cccs2)CC(C(=O)O)O1. The predicted octanol–water partition coefficient (Wildman–Crippen LogP) is 0.521. The van der Waals surface area contributed by atoms with Crippen molar-refractivity contribution >= 4 is 29.1 Å². The first-order valence-electron chi connectivity index (χ1n) is 6.83. The van der Waals surface area contributed by atoms with Gasteiger partial charge in [-0.15, -0.1) is 11.3 Å². The van der Waals surface area contributed by atoms with Crippen molar-refractivity contribution < 1.29 is 24.2 Å². The van der Waals surface area contributed by atoms with Gasteiger partial charge in [0.25, 0.3) is 5.91 Å². The molecular weight excluding hydrogens is 308 g/mol. The lowest BCUT2D eigenvalue weighted by atomic mass is 10.2. The van der Waals surface area contributed by atoms with Gasteiger partial charge in [-0.25, -0.2) is 4.79 Å². The molecule has 0 radical (unpaired) electrons. The van der Waals surface area contributed by atoms with Gasteiger partial charge in [0.2, 0.25) is 5.91 Å². The van der Waals surface area contributed by atoms with Crippen LogP contribution in [0, 0.1) is 0 Å². The van der Waals surface area contributed by atoms with Crippen molar-refractivity contribution in [2.45, 2.75) is 19.1 Å². The summed E-state index contributed by atoms with van der Waals surface area (Å²) < 4.78 is 5.27. The van der Waals surface area contributed by atoms with Gasteiger partial charge in [0.05, 0.1) is 24.1 Å². The Labute approximate surface area is 132 Å². The molecule has 7 nitrogen and oxygen atoms in total. The Morgan fingerprint density at radius 3 is 2.77 bits per heavy atom. The molecule has 1 aliphatic rings. The maximum atomic E-state index is 12.3. The third-order valence-corrected chi connectivity index (χ3v) is 4.20. The molecule has 2 rings (SSSR count). The van der Waals surface area contributed by atoms with E-state index in [0.717, 1.165) is 0 Å². The van der Waals surface area contributed by atoms with Gasteiger partial charge in [-0.3, -0.25) is 9.59 Å². The second-order valence-corrected chi connectivity index (χ2v) is 6.16. The minimum atomic E-state index is -1.09. The number of amides is 2. The molecule has 0 aromatic carbocycles. The zero-order valence-electron chi connectivity index (χ0n) is 12.4. The molecule has 8 heteroatoms. The number of morpholine rings is 1. The standard InChI is InChI=1S/C14H18N2O5S/c1-9-6-16(7-10(21-9)14(19)20)12(17)8-15(2)13(18)11-4-3-5-22-11/h3-5,9-10H,6-8H2,1-2H3,(H,19,20)/t9-,10?/m1/s1. The maximum absolute atomic E-state index is 12.3. The summed E-state index contributed by atoms with van der Waals surface area (Å²) in [5.41, 5.74) is 0. The lowest BCUT2D eigenvalue weighted by Gasteiger charge is -2.35. The van der Waals surface area contributed by atoms with E-state index >= 15 is 0 Å². The normalized spacial score (nSPS) is 21.5. The molecule has 1 saturated heterocycles. The van der Waals surface area contributed by atoms with Gasteiger partial charge in [-0.2, -0.15) is 0 Å². The van der Waals surface area contributed by atoms with Crippen LogP contribution in [0.2, 0.25) is 0 Å². The van der Waals surface area contributed by atoms with E-state index in [9.17, 15) is 14.4 Å². The van der Waals surface area contributed by atoms with Gasteiger partial charge in [0.15, 0.2) is 6.10 Å². The summed E-state index contributed by atoms with van der Waals surface area (Å²) in [6.45, 7) is 1.95. The van der Waals surface area contributed by atoms with E-state index in [2.05, 4.69) is 0 Å². The number of ether oxygens (including phenoxy) is 1. The molecule has 1 aromatic rings. The Hall–Kier alpha value is -1.93. The number of rotatable bonds is 4. The first kappa shape index (κ1) is 16.4. The van der Waals surface area contributed by atoms with Crippen LogP contribution in [0.5, 0.6) is 0 Å². The largest absolute Gasteiger partial charge is 0.479 e. The molecule has 1 fully saturated rings. The molecular formula is C14H18N2O5S. The highest BCUT2D eigenvalue weighted by molar-refractivity contribution is 7.12. The summed E-state index contributed by atoms with van der Waals surface area (Å²) in [6.07, 6.45) is -1.37. The van der Waals surface area contributed by atoms with Crippen molar-refractivity contribution in [3.8, 4) is 0 Å². The highest BCUT2D eigenvalue weighted by Crippen LogP contribution is 2.14. The molecule has 22 heavy (non-hydrogen) atoms. The highest BCUT2D eigenvalue weighted by Gasteiger charge is 2.33. The number of carbonyl (C=O) groups is 3. The molecule has 2 amide bonds. The van der Waals surface area contributed by atoms with Crippen molar-refractivity contribution in [3.63, 3.8) is 0 Å². The zero-order chi connectivity index (χ0) is 16.3. The summed E-state index contributed by atoms with van der Waals surface area (Å²) in [7, 11) is 1.55. The first-order valence-corrected chi connectivity index (χ1v) is 7.71. The molecule has 2 atom stereocenters. The van der Waals surface area contributed by atoms with Crippen LogP contribution < -0.4 is 0 Å². The number of carbonyl (C=O) groups excluding carboxylic acids is 2. The minimum absolute atomic E-state index is 0.000457. The molecule has 0 bridgehead atoms. The van der Waals surface area contributed by atoms with Gasteiger partial charge in [-0.05, 0) is 18.4 Å². The maximum Gasteiger partial charge on any atom is 0.334 e. The zero-order valence-corrected chi connectivity index (χ0v) is 13.2. The van der Waals surface area contributed by atoms with Crippen molar-refractivity contribution in [1.82, 2.24) is 9.80 Å². The molecule has 1 unspecified atom stereocenters. The topological polar surface area (TPSA) is 87.2 Å². The van der Waals surface area contributed by atoms with Crippen LogP contribution >= 0.6 is 11.3 Å². The van der Waals surface area contributed by atoms with E-state index < -0.39 is 12.1 Å². The summed E-state index contributed by atoms with van der Waals surface area (Å²) in [5, 5.41) is 10.8. The molecule has 1 aromatic heterocycles. The van der Waals surface area contributed by atoms with Crippen LogP contribution in [-0.4, -0.2) is 71.6 Å². The van der Waals surface area contributed by atoms with Crippen LogP contribution in [0.4, 0.5) is 0 Å². The molecule has 0 aliphatic carbocycles. The van der Waals surface area contributed by atoms with E-state index in [4.69, 9.17) is 9.84 Å². The second-order valence-electron chi connectivity index (χ2n) is 5.21.